The van der Waals surface area contributed by atoms with Crippen LogP contribution in [0.5, 0.6) is 0 Å². The Labute approximate surface area is 156 Å². The number of benzene rings is 1. The minimum absolute atomic E-state index is 0.122. The largest absolute Gasteiger partial charge is 0.394 e. The lowest BCUT2D eigenvalue weighted by molar-refractivity contribution is -0.0229. The third-order valence-electron chi connectivity index (χ3n) is 5.58. The Morgan fingerprint density at radius 3 is 2.58 bits per heavy atom. The standard InChI is InChI=1S/C20H32N2O4/c1-22(10-7-15-5-3-2-4-6-15)19-17(26-18(14-23)20(19)24)13-21-16-8-11-25-12-9-16/h2-6,16-21,23-24H,7-14H2,1H3/t17-,18+,19-,20-/m1/s1. The van der Waals surface area contributed by atoms with Crippen molar-refractivity contribution in [2.45, 2.75) is 49.7 Å². The summed E-state index contributed by atoms with van der Waals surface area (Å²) in [5.41, 5.74) is 1.28. The van der Waals surface area contributed by atoms with Crippen LogP contribution in [0.25, 0.3) is 0 Å². The minimum Gasteiger partial charge on any atom is -0.394 e. The number of nitrogens with zero attached hydrogens (tertiary/aromatic N) is 1. The van der Waals surface area contributed by atoms with Crippen molar-refractivity contribution in [1.29, 1.82) is 0 Å². The quantitative estimate of drug-likeness (QED) is 0.621. The number of hydrogen-bond acceptors (Lipinski definition) is 6. The Morgan fingerprint density at radius 2 is 1.88 bits per heavy atom. The van der Waals surface area contributed by atoms with Crippen LogP contribution in [0.2, 0.25) is 0 Å². The highest BCUT2D eigenvalue weighted by Gasteiger charge is 2.45. The first-order chi connectivity index (χ1) is 12.7. The van der Waals surface area contributed by atoms with Crippen molar-refractivity contribution in [3.63, 3.8) is 0 Å². The van der Waals surface area contributed by atoms with Gasteiger partial charge in [-0.05, 0) is 31.9 Å². The molecule has 146 valence electrons. The van der Waals surface area contributed by atoms with E-state index in [1.54, 1.807) is 0 Å². The van der Waals surface area contributed by atoms with Gasteiger partial charge in [-0.2, -0.15) is 0 Å². The van der Waals surface area contributed by atoms with Crippen LogP contribution >= 0.6 is 0 Å². The van der Waals surface area contributed by atoms with E-state index in [0.29, 0.717) is 12.6 Å². The Bertz CT molecular complexity index is 524. The Morgan fingerprint density at radius 1 is 1.15 bits per heavy atom. The molecule has 0 aliphatic carbocycles. The average molecular weight is 364 g/mol. The van der Waals surface area contributed by atoms with E-state index in [1.165, 1.54) is 5.56 Å². The first kappa shape index (κ1) is 19.7. The first-order valence-corrected chi connectivity index (χ1v) is 9.68. The first-order valence-electron chi connectivity index (χ1n) is 9.68. The third-order valence-corrected chi connectivity index (χ3v) is 5.58. The number of ether oxygens (including phenoxy) is 2. The summed E-state index contributed by atoms with van der Waals surface area (Å²) in [6.45, 7) is 2.95. The second-order valence-corrected chi connectivity index (χ2v) is 7.39. The molecule has 26 heavy (non-hydrogen) atoms. The molecule has 6 nitrogen and oxygen atoms in total. The molecule has 3 N–H and O–H groups in total. The summed E-state index contributed by atoms with van der Waals surface area (Å²) in [6, 6.07) is 10.7. The van der Waals surface area contributed by atoms with Gasteiger partial charge in [0.05, 0.1) is 18.8 Å². The Hall–Kier alpha value is -1.02. The maximum atomic E-state index is 10.6. The molecule has 2 heterocycles. The molecule has 2 aliphatic heterocycles. The smallest absolute Gasteiger partial charge is 0.109 e. The molecule has 0 radical (unpaired) electrons. The number of rotatable bonds is 8. The van der Waals surface area contributed by atoms with Crippen LogP contribution in [0, 0.1) is 0 Å². The lowest BCUT2D eigenvalue weighted by Gasteiger charge is -2.32. The van der Waals surface area contributed by atoms with Gasteiger partial charge in [-0.15, -0.1) is 0 Å². The summed E-state index contributed by atoms with van der Waals surface area (Å²) >= 11 is 0. The number of aliphatic hydroxyl groups is 2. The van der Waals surface area contributed by atoms with E-state index in [-0.39, 0.29) is 18.8 Å². The molecule has 6 heteroatoms. The van der Waals surface area contributed by atoms with Crippen LogP contribution in [0.4, 0.5) is 0 Å². The summed E-state index contributed by atoms with van der Waals surface area (Å²) in [7, 11) is 2.03. The Balaban J connectivity index is 1.56. The van der Waals surface area contributed by atoms with Gasteiger partial charge in [-0.3, -0.25) is 4.90 Å². The summed E-state index contributed by atoms with van der Waals surface area (Å²) < 4.78 is 11.4. The van der Waals surface area contributed by atoms with Crippen molar-refractivity contribution in [2.24, 2.45) is 0 Å². The van der Waals surface area contributed by atoms with E-state index < -0.39 is 12.2 Å². The van der Waals surface area contributed by atoms with E-state index >= 15 is 0 Å². The normalized spacial score (nSPS) is 30.2. The molecule has 1 aromatic carbocycles. The van der Waals surface area contributed by atoms with Crippen LogP contribution in [0.3, 0.4) is 0 Å². The highest BCUT2D eigenvalue weighted by atomic mass is 16.5. The van der Waals surface area contributed by atoms with Crippen LogP contribution in [-0.4, -0.2) is 85.5 Å². The summed E-state index contributed by atoms with van der Waals surface area (Å²) in [5, 5.41) is 23.8. The number of nitrogens with one attached hydrogen (secondary N) is 1. The van der Waals surface area contributed by atoms with Gasteiger partial charge >= 0.3 is 0 Å². The molecular formula is C20H32N2O4. The van der Waals surface area contributed by atoms with Gasteiger partial charge in [0.1, 0.15) is 12.2 Å². The SMILES string of the molecule is CN(CCc1ccccc1)[C@H]1[C@H](O)[C@H](CO)O[C@@H]1CNC1CCOCC1. The van der Waals surface area contributed by atoms with Crippen molar-refractivity contribution in [1.82, 2.24) is 10.2 Å². The van der Waals surface area contributed by atoms with Gasteiger partial charge in [0.15, 0.2) is 0 Å². The summed E-state index contributed by atoms with van der Waals surface area (Å²) in [4.78, 5) is 2.17. The molecule has 2 saturated heterocycles. The minimum atomic E-state index is -0.678. The molecule has 2 fully saturated rings. The van der Waals surface area contributed by atoms with Gasteiger partial charge in [0.25, 0.3) is 0 Å². The van der Waals surface area contributed by atoms with E-state index in [9.17, 15) is 10.2 Å². The fraction of sp³-hybridized carbons (Fsp3) is 0.700. The fourth-order valence-corrected chi connectivity index (χ4v) is 3.97. The molecule has 0 aromatic heterocycles. The van der Waals surface area contributed by atoms with Crippen LogP contribution < -0.4 is 5.32 Å². The molecule has 1 aromatic rings. The predicted molar refractivity (Wildman–Crippen MR) is 100 cm³/mol. The van der Waals surface area contributed by atoms with E-state index in [4.69, 9.17) is 9.47 Å². The van der Waals surface area contributed by atoms with Crippen molar-refractivity contribution >= 4 is 0 Å². The van der Waals surface area contributed by atoms with E-state index in [1.807, 2.05) is 25.2 Å². The monoisotopic (exact) mass is 364 g/mol. The molecule has 0 spiro atoms. The molecule has 2 aliphatic rings. The highest BCUT2D eigenvalue weighted by molar-refractivity contribution is 5.15. The zero-order valence-electron chi connectivity index (χ0n) is 15.6. The topological polar surface area (TPSA) is 74.2 Å². The second-order valence-electron chi connectivity index (χ2n) is 7.39. The number of aliphatic hydroxyl groups excluding tert-OH is 2. The summed E-state index contributed by atoms with van der Waals surface area (Å²) in [6.07, 6.45) is 1.61. The molecule has 0 amide bonds. The number of likely N-dealkylation sites (N-methyl/N-ethyl adjacent to an activating group) is 1. The van der Waals surface area contributed by atoms with Gasteiger partial charge < -0.3 is 25.0 Å². The molecular weight excluding hydrogens is 332 g/mol. The highest BCUT2D eigenvalue weighted by Crippen LogP contribution is 2.25. The molecule has 0 bridgehead atoms. The molecule has 3 rings (SSSR count). The van der Waals surface area contributed by atoms with Gasteiger partial charge in [0.2, 0.25) is 0 Å². The maximum absolute atomic E-state index is 10.6. The van der Waals surface area contributed by atoms with Gasteiger partial charge in [0, 0.05) is 32.3 Å². The maximum Gasteiger partial charge on any atom is 0.109 e. The van der Waals surface area contributed by atoms with E-state index in [0.717, 1.165) is 39.0 Å². The average Bonchev–Trinajstić information content (AvgIpc) is 3.01. The van der Waals surface area contributed by atoms with Crippen LogP contribution in [0.1, 0.15) is 18.4 Å². The predicted octanol–water partition coefficient (Wildman–Crippen LogP) is 0.419. The second kappa shape index (κ2) is 9.78. The lowest BCUT2D eigenvalue weighted by Crippen LogP contribution is -2.51. The van der Waals surface area contributed by atoms with Crippen LogP contribution in [-0.2, 0) is 15.9 Å². The third kappa shape index (κ3) is 5.03. The zero-order chi connectivity index (χ0) is 18.4. The molecule has 0 unspecified atom stereocenters. The lowest BCUT2D eigenvalue weighted by atomic mass is 10.0. The van der Waals surface area contributed by atoms with Crippen molar-refractivity contribution in [3.8, 4) is 0 Å². The summed E-state index contributed by atoms with van der Waals surface area (Å²) in [5.74, 6) is 0. The zero-order valence-corrected chi connectivity index (χ0v) is 15.6. The van der Waals surface area contributed by atoms with Crippen molar-refractivity contribution in [2.75, 3.05) is 40.0 Å². The van der Waals surface area contributed by atoms with E-state index in [2.05, 4.69) is 22.3 Å². The van der Waals surface area contributed by atoms with Gasteiger partial charge in [-0.1, -0.05) is 30.3 Å². The van der Waals surface area contributed by atoms with Crippen LogP contribution in [0.15, 0.2) is 30.3 Å². The molecule has 4 atom stereocenters. The van der Waals surface area contributed by atoms with Gasteiger partial charge in [-0.25, -0.2) is 0 Å². The fourth-order valence-electron chi connectivity index (χ4n) is 3.97. The number of hydrogen-bond donors (Lipinski definition) is 3. The Kier molecular flexibility index (Phi) is 7.42. The molecule has 0 saturated carbocycles. The van der Waals surface area contributed by atoms with Crippen molar-refractivity contribution < 1.29 is 19.7 Å². The van der Waals surface area contributed by atoms with Crippen molar-refractivity contribution in [3.05, 3.63) is 35.9 Å².